The number of benzene rings is 2. The van der Waals surface area contributed by atoms with Crippen molar-refractivity contribution in [2.45, 2.75) is 24.9 Å². The van der Waals surface area contributed by atoms with E-state index in [0.717, 1.165) is 36.5 Å². The molecule has 3 aromatic rings. The minimum Gasteiger partial charge on any atom is -0.468 e. The highest BCUT2D eigenvalue weighted by molar-refractivity contribution is 7.89. The van der Waals surface area contributed by atoms with E-state index in [-0.39, 0.29) is 17.3 Å². The number of sulfonamides is 1. The van der Waals surface area contributed by atoms with Gasteiger partial charge in [-0.1, -0.05) is 36.4 Å². The van der Waals surface area contributed by atoms with Crippen molar-refractivity contribution in [3.05, 3.63) is 89.4 Å². The average Bonchev–Trinajstić information content (AvgIpc) is 3.32. The van der Waals surface area contributed by atoms with Crippen LogP contribution in [0.2, 0.25) is 0 Å². The number of furan rings is 1. The lowest BCUT2D eigenvalue weighted by atomic mass is 10.1. The number of rotatable bonds is 7. The molecule has 1 fully saturated rings. The van der Waals surface area contributed by atoms with Crippen molar-refractivity contribution in [2.75, 3.05) is 26.2 Å². The molecule has 0 unspecified atom stereocenters. The predicted molar refractivity (Wildman–Crippen MR) is 122 cm³/mol. The molecule has 1 aliphatic rings. The molecule has 2 heterocycles. The highest BCUT2D eigenvalue weighted by Crippen LogP contribution is 2.19. The lowest BCUT2D eigenvalue weighted by molar-refractivity contribution is 0.0619. The van der Waals surface area contributed by atoms with Gasteiger partial charge in [0, 0.05) is 38.3 Å². The molecule has 168 valence electrons. The van der Waals surface area contributed by atoms with Gasteiger partial charge in [-0.2, -0.15) is 0 Å². The third-order valence-corrected chi connectivity index (χ3v) is 7.08. The number of nitrogens with one attached hydrogen (secondary N) is 1. The van der Waals surface area contributed by atoms with Crippen LogP contribution >= 0.6 is 0 Å². The van der Waals surface area contributed by atoms with Crippen molar-refractivity contribution in [1.82, 2.24) is 14.5 Å². The number of carbonyl (C=O) groups is 1. The van der Waals surface area contributed by atoms with Crippen LogP contribution in [0.15, 0.2) is 76.2 Å². The molecule has 1 aliphatic heterocycles. The summed E-state index contributed by atoms with van der Waals surface area (Å²) in [6.45, 7) is 5.38. The van der Waals surface area contributed by atoms with Crippen molar-refractivity contribution in [1.29, 1.82) is 0 Å². The molecule has 1 aromatic heterocycles. The van der Waals surface area contributed by atoms with Gasteiger partial charge in [0.25, 0.3) is 5.91 Å². The van der Waals surface area contributed by atoms with Crippen molar-refractivity contribution in [3.8, 4) is 0 Å². The van der Waals surface area contributed by atoms with Crippen LogP contribution in [0.1, 0.15) is 27.2 Å². The monoisotopic (exact) mass is 453 g/mol. The maximum absolute atomic E-state index is 13.2. The summed E-state index contributed by atoms with van der Waals surface area (Å²) in [5.74, 6) is 0.766. The van der Waals surface area contributed by atoms with Gasteiger partial charge in [-0.25, -0.2) is 13.1 Å². The largest absolute Gasteiger partial charge is 0.468 e. The maximum Gasteiger partial charge on any atom is 0.254 e. The third kappa shape index (κ3) is 5.27. The van der Waals surface area contributed by atoms with E-state index in [4.69, 9.17) is 4.42 Å². The zero-order chi connectivity index (χ0) is 22.6. The summed E-state index contributed by atoms with van der Waals surface area (Å²) in [5, 5.41) is 0. The molecule has 7 nitrogen and oxygen atoms in total. The maximum atomic E-state index is 13.2. The standard InChI is InChI=1S/C24H27N3O4S/c1-19-9-10-22(32(29,30)25-17-20-6-3-2-4-7-20)16-23(19)24(28)27-13-11-26(12-14-27)18-21-8-5-15-31-21/h2-10,15-16,25H,11-14,17-18H2,1H3. The van der Waals surface area contributed by atoms with E-state index < -0.39 is 10.0 Å². The van der Waals surface area contributed by atoms with Crippen molar-refractivity contribution >= 4 is 15.9 Å². The molecule has 8 heteroatoms. The minimum absolute atomic E-state index is 0.0961. The fourth-order valence-electron chi connectivity index (χ4n) is 3.76. The molecular formula is C24H27N3O4S. The molecule has 1 N–H and O–H groups in total. The van der Waals surface area contributed by atoms with Gasteiger partial charge in [0.2, 0.25) is 10.0 Å². The van der Waals surface area contributed by atoms with E-state index in [9.17, 15) is 13.2 Å². The number of aryl methyl sites for hydroxylation is 1. The quantitative estimate of drug-likeness (QED) is 0.595. The van der Waals surface area contributed by atoms with Crippen LogP contribution in [0, 0.1) is 6.92 Å². The Morgan fingerprint density at radius 3 is 2.44 bits per heavy atom. The van der Waals surface area contributed by atoms with Crippen LogP contribution in [0.3, 0.4) is 0 Å². The third-order valence-electron chi connectivity index (χ3n) is 5.68. The topological polar surface area (TPSA) is 82.9 Å². The molecule has 1 saturated heterocycles. The molecule has 1 amide bonds. The van der Waals surface area contributed by atoms with Crippen LogP contribution < -0.4 is 4.72 Å². The van der Waals surface area contributed by atoms with Crippen LogP contribution in [0.25, 0.3) is 0 Å². The average molecular weight is 454 g/mol. The number of hydrogen-bond acceptors (Lipinski definition) is 5. The van der Waals surface area contributed by atoms with E-state index >= 15 is 0 Å². The lowest BCUT2D eigenvalue weighted by Gasteiger charge is -2.34. The molecule has 32 heavy (non-hydrogen) atoms. The molecule has 0 saturated carbocycles. The molecule has 0 bridgehead atoms. The lowest BCUT2D eigenvalue weighted by Crippen LogP contribution is -2.48. The van der Waals surface area contributed by atoms with Gasteiger partial charge in [0.1, 0.15) is 5.76 Å². The fourth-order valence-corrected chi connectivity index (χ4v) is 4.80. The summed E-state index contributed by atoms with van der Waals surface area (Å²) >= 11 is 0. The fraction of sp³-hybridized carbons (Fsp3) is 0.292. The van der Waals surface area contributed by atoms with E-state index in [2.05, 4.69) is 9.62 Å². The summed E-state index contributed by atoms with van der Waals surface area (Å²) in [4.78, 5) is 17.3. The van der Waals surface area contributed by atoms with Gasteiger partial charge in [-0.05, 0) is 42.3 Å². The zero-order valence-corrected chi connectivity index (χ0v) is 18.8. The van der Waals surface area contributed by atoms with Gasteiger partial charge in [-0.3, -0.25) is 9.69 Å². The van der Waals surface area contributed by atoms with Crippen molar-refractivity contribution < 1.29 is 17.6 Å². The van der Waals surface area contributed by atoms with Gasteiger partial charge in [0.15, 0.2) is 0 Å². The van der Waals surface area contributed by atoms with Gasteiger partial charge in [0.05, 0.1) is 17.7 Å². The van der Waals surface area contributed by atoms with Gasteiger partial charge in [-0.15, -0.1) is 0 Å². The molecule has 4 rings (SSSR count). The van der Waals surface area contributed by atoms with Crippen molar-refractivity contribution in [2.24, 2.45) is 0 Å². The predicted octanol–water partition coefficient (Wildman–Crippen LogP) is 3.02. The Morgan fingerprint density at radius 2 is 1.75 bits per heavy atom. The highest BCUT2D eigenvalue weighted by Gasteiger charge is 2.25. The zero-order valence-electron chi connectivity index (χ0n) is 18.0. The van der Waals surface area contributed by atoms with E-state index in [1.165, 1.54) is 6.07 Å². The number of amides is 1. The molecule has 0 spiro atoms. The second kappa shape index (κ2) is 9.68. The first kappa shape index (κ1) is 22.3. The smallest absolute Gasteiger partial charge is 0.254 e. The Kier molecular flexibility index (Phi) is 6.74. The SMILES string of the molecule is Cc1ccc(S(=O)(=O)NCc2ccccc2)cc1C(=O)N1CCN(Cc2ccco2)CC1. The minimum atomic E-state index is -3.74. The summed E-state index contributed by atoms with van der Waals surface area (Å²) < 4.78 is 33.6. The number of piperazine rings is 1. The second-order valence-corrected chi connectivity index (χ2v) is 9.70. The summed E-state index contributed by atoms with van der Waals surface area (Å²) in [7, 11) is -3.74. The van der Waals surface area contributed by atoms with Gasteiger partial charge < -0.3 is 9.32 Å². The Hall–Kier alpha value is -2.94. The molecule has 0 radical (unpaired) electrons. The highest BCUT2D eigenvalue weighted by atomic mass is 32.2. The number of hydrogen-bond donors (Lipinski definition) is 1. The van der Waals surface area contributed by atoms with Crippen LogP contribution in [0.5, 0.6) is 0 Å². The summed E-state index contributed by atoms with van der Waals surface area (Å²) in [6.07, 6.45) is 1.66. The van der Waals surface area contributed by atoms with E-state index in [0.29, 0.717) is 18.7 Å². The Labute approximate surface area is 188 Å². The first-order valence-electron chi connectivity index (χ1n) is 10.6. The van der Waals surface area contributed by atoms with Crippen molar-refractivity contribution in [3.63, 3.8) is 0 Å². The Balaban J connectivity index is 1.42. The summed E-state index contributed by atoms with van der Waals surface area (Å²) in [6, 6.07) is 17.9. The first-order valence-corrected chi connectivity index (χ1v) is 12.1. The number of nitrogens with zero attached hydrogens (tertiary/aromatic N) is 2. The molecule has 2 aromatic carbocycles. The first-order chi connectivity index (χ1) is 15.4. The molecule has 0 atom stereocenters. The van der Waals surface area contributed by atoms with Crippen LogP contribution in [-0.4, -0.2) is 50.3 Å². The second-order valence-electron chi connectivity index (χ2n) is 7.93. The molecular weight excluding hydrogens is 426 g/mol. The van der Waals surface area contributed by atoms with E-state index in [1.54, 1.807) is 23.3 Å². The van der Waals surface area contributed by atoms with Crippen LogP contribution in [0.4, 0.5) is 0 Å². The Bertz CT molecular complexity index is 1150. The Morgan fingerprint density at radius 1 is 1.00 bits per heavy atom. The van der Waals surface area contributed by atoms with Gasteiger partial charge >= 0.3 is 0 Å². The van der Waals surface area contributed by atoms with Crippen LogP contribution in [-0.2, 0) is 23.1 Å². The number of carbonyl (C=O) groups excluding carboxylic acids is 1. The van der Waals surface area contributed by atoms with E-state index in [1.807, 2.05) is 49.4 Å². The normalized spacial score (nSPS) is 15.1. The summed E-state index contributed by atoms with van der Waals surface area (Å²) in [5.41, 5.74) is 2.05. The molecule has 0 aliphatic carbocycles.